The van der Waals surface area contributed by atoms with Crippen LogP contribution in [0.25, 0.3) is 0 Å². The van der Waals surface area contributed by atoms with Crippen LogP contribution in [0, 0.1) is 17.1 Å². The summed E-state index contributed by atoms with van der Waals surface area (Å²) in [5, 5.41) is 19.0. The monoisotopic (exact) mass is 285 g/mol. The fourth-order valence-corrected chi connectivity index (χ4v) is 2.05. The molecule has 1 N–H and O–H groups in total. The van der Waals surface area contributed by atoms with Crippen LogP contribution in [-0.2, 0) is 6.61 Å². The summed E-state index contributed by atoms with van der Waals surface area (Å²) in [5.41, 5.74) is 1.55. The zero-order valence-electron chi connectivity index (χ0n) is 11.7. The lowest BCUT2D eigenvalue weighted by Crippen LogP contribution is -2.04. The molecule has 0 aliphatic heterocycles. The molecule has 3 nitrogen and oxygen atoms in total. The molecule has 1 atom stereocenters. The second-order valence-corrected chi connectivity index (χ2v) is 4.66. The van der Waals surface area contributed by atoms with Gasteiger partial charge in [0, 0.05) is 11.1 Å². The van der Waals surface area contributed by atoms with Gasteiger partial charge >= 0.3 is 0 Å². The van der Waals surface area contributed by atoms with Crippen molar-refractivity contribution >= 4 is 0 Å². The minimum Gasteiger partial charge on any atom is -0.488 e. The summed E-state index contributed by atoms with van der Waals surface area (Å²) in [6.07, 6.45) is -0.0341. The third kappa shape index (κ3) is 3.59. The molecular formula is C17H16FNO2. The Hall–Kier alpha value is -2.38. The maximum absolute atomic E-state index is 13.3. The Bertz CT molecular complexity index is 664. The third-order valence-corrected chi connectivity index (χ3v) is 3.24. The largest absolute Gasteiger partial charge is 0.488 e. The van der Waals surface area contributed by atoms with Crippen molar-refractivity contribution < 1.29 is 14.2 Å². The molecule has 0 aliphatic rings. The number of nitriles is 1. The molecular weight excluding hydrogens is 269 g/mol. The summed E-state index contributed by atoms with van der Waals surface area (Å²) in [7, 11) is 0. The molecule has 0 saturated heterocycles. The predicted octanol–water partition coefficient (Wildman–Crippen LogP) is 3.72. The van der Waals surface area contributed by atoms with Crippen molar-refractivity contribution in [1.29, 1.82) is 5.26 Å². The molecule has 0 radical (unpaired) electrons. The maximum atomic E-state index is 13.3. The van der Waals surface area contributed by atoms with E-state index in [0.29, 0.717) is 28.9 Å². The van der Waals surface area contributed by atoms with Crippen molar-refractivity contribution in [3.05, 3.63) is 65.0 Å². The Labute approximate surface area is 123 Å². The molecule has 0 aromatic heterocycles. The Morgan fingerprint density at radius 3 is 2.76 bits per heavy atom. The number of ether oxygens (including phenoxy) is 1. The van der Waals surface area contributed by atoms with Gasteiger partial charge in [-0.3, -0.25) is 0 Å². The molecule has 0 spiro atoms. The van der Waals surface area contributed by atoms with Crippen molar-refractivity contribution in [3.63, 3.8) is 0 Å². The van der Waals surface area contributed by atoms with Crippen LogP contribution in [0.3, 0.4) is 0 Å². The van der Waals surface area contributed by atoms with Gasteiger partial charge in [0.05, 0.1) is 17.7 Å². The van der Waals surface area contributed by atoms with Crippen molar-refractivity contribution in [1.82, 2.24) is 0 Å². The van der Waals surface area contributed by atoms with Crippen LogP contribution < -0.4 is 4.74 Å². The first-order valence-corrected chi connectivity index (χ1v) is 6.74. The van der Waals surface area contributed by atoms with Crippen LogP contribution in [0.5, 0.6) is 5.75 Å². The van der Waals surface area contributed by atoms with Crippen molar-refractivity contribution in [2.75, 3.05) is 0 Å². The predicted molar refractivity (Wildman–Crippen MR) is 77.1 cm³/mol. The van der Waals surface area contributed by atoms with E-state index in [1.165, 1.54) is 18.2 Å². The van der Waals surface area contributed by atoms with E-state index in [-0.39, 0.29) is 6.61 Å². The van der Waals surface area contributed by atoms with Gasteiger partial charge in [-0.05, 0) is 30.7 Å². The number of benzene rings is 2. The van der Waals surface area contributed by atoms with Gasteiger partial charge in [-0.1, -0.05) is 25.1 Å². The van der Waals surface area contributed by atoms with Gasteiger partial charge in [-0.2, -0.15) is 5.26 Å². The van der Waals surface area contributed by atoms with Crippen LogP contribution in [0.2, 0.25) is 0 Å². The summed E-state index contributed by atoms with van der Waals surface area (Å²) in [6.45, 7) is 1.95. The van der Waals surface area contributed by atoms with Crippen LogP contribution in [-0.4, -0.2) is 5.11 Å². The number of aliphatic hydroxyl groups is 1. The van der Waals surface area contributed by atoms with Crippen LogP contribution >= 0.6 is 0 Å². The summed E-state index contributed by atoms with van der Waals surface area (Å²) < 4.78 is 18.9. The van der Waals surface area contributed by atoms with Gasteiger partial charge in [0.1, 0.15) is 18.2 Å². The summed E-state index contributed by atoms with van der Waals surface area (Å²) in [4.78, 5) is 0. The highest BCUT2D eigenvalue weighted by atomic mass is 19.1. The lowest BCUT2D eigenvalue weighted by atomic mass is 10.1. The zero-order chi connectivity index (χ0) is 15.2. The van der Waals surface area contributed by atoms with Crippen LogP contribution in [0.1, 0.15) is 36.1 Å². The number of hydrogen-bond donors (Lipinski definition) is 1. The highest BCUT2D eigenvalue weighted by Crippen LogP contribution is 2.27. The van der Waals surface area contributed by atoms with E-state index in [1.54, 1.807) is 18.2 Å². The van der Waals surface area contributed by atoms with E-state index in [4.69, 9.17) is 10.00 Å². The molecule has 108 valence electrons. The fourth-order valence-electron chi connectivity index (χ4n) is 2.05. The lowest BCUT2D eigenvalue weighted by molar-refractivity contribution is 0.166. The second kappa shape index (κ2) is 6.87. The number of aliphatic hydroxyl groups excluding tert-OH is 1. The first kappa shape index (κ1) is 15.0. The fraction of sp³-hybridized carbons (Fsp3) is 0.235. The Balaban J connectivity index is 2.21. The second-order valence-electron chi connectivity index (χ2n) is 4.66. The van der Waals surface area contributed by atoms with E-state index >= 15 is 0 Å². The topological polar surface area (TPSA) is 53.2 Å². The Morgan fingerprint density at radius 1 is 1.29 bits per heavy atom. The van der Waals surface area contributed by atoms with Crippen LogP contribution in [0.15, 0.2) is 42.5 Å². The molecule has 0 unspecified atom stereocenters. The molecule has 0 fully saturated rings. The molecule has 0 saturated carbocycles. The number of rotatable bonds is 5. The van der Waals surface area contributed by atoms with E-state index < -0.39 is 11.9 Å². The number of halogens is 1. The average molecular weight is 285 g/mol. The first-order chi connectivity index (χ1) is 10.2. The van der Waals surface area contributed by atoms with Gasteiger partial charge in [0.15, 0.2) is 0 Å². The van der Waals surface area contributed by atoms with Crippen molar-refractivity contribution in [3.8, 4) is 11.8 Å². The molecule has 4 heteroatoms. The summed E-state index contributed by atoms with van der Waals surface area (Å²) in [5.74, 6) is 0.134. The van der Waals surface area contributed by atoms with E-state index in [2.05, 4.69) is 0 Å². The van der Waals surface area contributed by atoms with E-state index in [1.807, 2.05) is 19.1 Å². The van der Waals surface area contributed by atoms with E-state index in [9.17, 15) is 9.50 Å². The minimum absolute atomic E-state index is 0.0775. The minimum atomic E-state index is -0.607. The smallest absolute Gasteiger partial charge is 0.125 e. The molecule has 21 heavy (non-hydrogen) atoms. The molecule has 2 aromatic rings. The highest BCUT2D eigenvalue weighted by molar-refractivity contribution is 5.39. The van der Waals surface area contributed by atoms with Crippen molar-refractivity contribution in [2.45, 2.75) is 26.1 Å². The number of hydrogen-bond acceptors (Lipinski definition) is 3. The number of para-hydroxylation sites is 1. The van der Waals surface area contributed by atoms with Crippen LogP contribution in [0.4, 0.5) is 4.39 Å². The van der Waals surface area contributed by atoms with Crippen molar-refractivity contribution in [2.24, 2.45) is 0 Å². The first-order valence-electron chi connectivity index (χ1n) is 6.74. The normalized spacial score (nSPS) is 11.7. The summed E-state index contributed by atoms with van der Waals surface area (Å²) in [6, 6.07) is 13.1. The molecule has 0 aliphatic carbocycles. The van der Waals surface area contributed by atoms with E-state index in [0.717, 1.165) is 0 Å². The van der Waals surface area contributed by atoms with Gasteiger partial charge < -0.3 is 9.84 Å². The lowest BCUT2D eigenvalue weighted by Gasteiger charge is -2.15. The Kier molecular flexibility index (Phi) is 4.91. The van der Waals surface area contributed by atoms with Gasteiger partial charge in [0.25, 0.3) is 0 Å². The highest BCUT2D eigenvalue weighted by Gasteiger charge is 2.12. The third-order valence-electron chi connectivity index (χ3n) is 3.24. The molecule has 2 aromatic carbocycles. The maximum Gasteiger partial charge on any atom is 0.125 e. The molecule has 2 rings (SSSR count). The zero-order valence-corrected chi connectivity index (χ0v) is 11.7. The SMILES string of the molecule is CC[C@@H](O)c1ccccc1OCc1cc(F)ccc1C#N. The molecule has 0 amide bonds. The summed E-state index contributed by atoms with van der Waals surface area (Å²) >= 11 is 0. The average Bonchev–Trinajstić information content (AvgIpc) is 2.52. The Morgan fingerprint density at radius 2 is 2.05 bits per heavy atom. The standard InChI is InChI=1S/C17H16FNO2/c1-2-16(20)15-5-3-4-6-17(15)21-11-13-9-14(18)8-7-12(13)10-19/h3-9,16,20H,2,11H2,1H3/t16-/m1/s1. The molecule has 0 bridgehead atoms. The van der Waals surface area contributed by atoms with Gasteiger partial charge in [0.2, 0.25) is 0 Å². The number of nitrogens with zero attached hydrogens (tertiary/aromatic N) is 1. The van der Waals surface area contributed by atoms with Gasteiger partial charge in [-0.25, -0.2) is 4.39 Å². The quantitative estimate of drug-likeness (QED) is 0.911. The van der Waals surface area contributed by atoms with Gasteiger partial charge in [-0.15, -0.1) is 0 Å². The molecule has 0 heterocycles.